The summed E-state index contributed by atoms with van der Waals surface area (Å²) in [7, 11) is -5.15. The molecule has 2 aromatic carbocycles. The van der Waals surface area contributed by atoms with Gasteiger partial charge >= 0.3 is 0 Å². The van der Waals surface area contributed by atoms with E-state index in [4.69, 9.17) is 0 Å². The molecule has 0 amide bonds. The lowest BCUT2D eigenvalue weighted by Crippen LogP contribution is -2.72. The molecule has 0 bridgehead atoms. The molecule has 0 saturated heterocycles. The van der Waals surface area contributed by atoms with Crippen molar-refractivity contribution in [2.75, 3.05) is 0 Å². The Labute approximate surface area is 263 Å². The second-order valence-corrected chi connectivity index (χ2v) is 31.8. The third-order valence-corrected chi connectivity index (χ3v) is 25.4. The fraction of sp³-hybridized carbons (Fsp3) is 0.176. The zero-order valence-electron chi connectivity index (χ0n) is 24.4. The van der Waals surface area contributed by atoms with Crippen LogP contribution in [0.3, 0.4) is 0 Å². The van der Waals surface area contributed by atoms with Gasteiger partial charge in [0, 0.05) is 29.3 Å². The summed E-state index contributed by atoms with van der Waals surface area (Å²) in [5.74, 6) is 0. The van der Waals surface area contributed by atoms with Crippen molar-refractivity contribution in [3.63, 3.8) is 0 Å². The van der Waals surface area contributed by atoms with E-state index < -0.39 is 24.2 Å². The van der Waals surface area contributed by atoms with Gasteiger partial charge in [-0.15, -0.1) is 45.3 Å². The Morgan fingerprint density at radius 2 is 0.829 bits per heavy atom. The van der Waals surface area contributed by atoms with Crippen molar-refractivity contribution in [3.05, 3.63) is 97.1 Å². The third kappa shape index (κ3) is 4.52. The van der Waals surface area contributed by atoms with Crippen LogP contribution in [0.4, 0.5) is 0 Å². The van der Waals surface area contributed by atoms with E-state index in [9.17, 15) is 0 Å². The average Bonchev–Trinajstić information content (AvgIpc) is 3.75. The first-order valence-electron chi connectivity index (χ1n) is 14.2. The van der Waals surface area contributed by atoms with Gasteiger partial charge in [0.1, 0.15) is 0 Å². The van der Waals surface area contributed by atoms with Gasteiger partial charge in [0.2, 0.25) is 0 Å². The predicted octanol–water partition coefficient (Wildman–Crippen LogP) is 7.71. The van der Waals surface area contributed by atoms with Crippen LogP contribution < -0.4 is 29.7 Å². The molecule has 0 saturated carbocycles. The molecule has 0 aliphatic carbocycles. The van der Waals surface area contributed by atoms with Gasteiger partial charge in [0.25, 0.3) is 0 Å². The lowest BCUT2D eigenvalue weighted by atomic mass is 10.3. The average molecular weight is 655 g/mol. The molecule has 4 aromatic heterocycles. The minimum atomic E-state index is -2.46. The van der Waals surface area contributed by atoms with Gasteiger partial charge in [0.15, 0.2) is 8.07 Å². The van der Waals surface area contributed by atoms with E-state index in [0.29, 0.717) is 0 Å². The van der Waals surface area contributed by atoms with Crippen LogP contribution in [0.15, 0.2) is 97.1 Å². The molecular weight excluding hydrogens is 621 g/mol. The number of hydrogen-bond donors (Lipinski definition) is 0. The number of hydrogen-bond acceptors (Lipinski definition) is 4. The minimum absolute atomic E-state index is 1.35. The van der Waals surface area contributed by atoms with E-state index in [1.54, 1.807) is 19.4 Å². The molecule has 7 heteroatoms. The van der Waals surface area contributed by atoms with Gasteiger partial charge in [0.05, 0.1) is 16.1 Å². The van der Waals surface area contributed by atoms with Gasteiger partial charge in [-0.1, -0.05) is 112 Å². The monoisotopic (exact) mass is 654 g/mol. The van der Waals surface area contributed by atoms with Crippen molar-refractivity contribution in [2.24, 2.45) is 0 Å². The number of benzene rings is 2. The van der Waals surface area contributed by atoms with Crippen LogP contribution in [0, 0.1) is 0 Å². The topological polar surface area (TPSA) is 0 Å². The van der Waals surface area contributed by atoms with Crippen molar-refractivity contribution >= 4 is 99.3 Å². The first kappa shape index (κ1) is 27.7. The van der Waals surface area contributed by atoms with Gasteiger partial charge in [-0.05, 0) is 54.0 Å². The summed E-state index contributed by atoms with van der Waals surface area (Å²) in [6.07, 6.45) is 0. The Bertz CT molecular complexity index is 1720. The molecule has 0 spiro atoms. The third-order valence-electron chi connectivity index (χ3n) is 8.07. The van der Waals surface area contributed by atoms with E-state index >= 15 is 0 Å². The van der Waals surface area contributed by atoms with Crippen LogP contribution in [-0.4, -0.2) is 24.2 Å². The van der Waals surface area contributed by atoms with Crippen LogP contribution in [-0.2, 0) is 0 Å². The number of thiophene rings is 4. The van der Waals surface area contributed by atoms with Gasteiger partial charge < -0.3 is 0 Å². The van der Waals surface area contributed by atoms with Crippen molar-refractivity contribution in [3.8, 4) is 29.3 Å². The summed E-state index contributed by atoms with van der Waals surface area (Å²) in [6.45, 7) is 14.7. The molecule has 0 unspecified atom stereocenters. The molecule has 0 radical (unpaired) electrons. The Balaban J connectivity index is 1.50. The summed E-state index contributed by atoms with van der Waals surface area (Å²) >= 11 is 8.12. The fourth-order valence-electron chi connectivity index (χ4n) is 5.98. The first-order chi connectivity index (χ1) is 19.6. The largest absolute Gasteiger partial charge is 0.182 e. The first-order valence-corrected chi connectivity index (χ1v) is 26.4. The molecule has 0 fully saturated rings. The second-order valence-electron chi connectivity index (χ2n) is 13.0. The number of rotatable bonds is 6. The molecule has 0 nitrogen and oxygen atoms in total. The second kappa shape index (κ2) is 9.98. The molecule has 7 rings (SSSR count). The zero-order valence-corrected chi connectivity index (χ0v) is 30.6. The highest BCUT2D eigenvalue weighted by Crippen LogP contribution is 2.45. The molecule has 6 aromatic rings. The summed E-state index contributed by atoms with van der Waals surface area (Å²) in [6, 6.07) is 37.6. The number of fused-ring (bicyclic) bond motifs is 3. The Morgan fingerprint density at radius 3 is 1.17 bits per heavy atom. The maximum absolute atomic E-state index is 2.59. The van der Waals surface area contributed by atoms with Crippen LogP contribution >= 0.6 is 45.3 Å². The molecule has 1 aliphatic rings. The Kier molecular flexibility index (Phi) is 6.74. The van der Waals surface area contributed by atoms with Gasteiger partial charge in [-0.3, -0.25) is 0 Å². The van der Waals surface area contributed by atoms with Crippen LogP contribution in [0.1, 0.15) is 0 Å². The van der Waals surface area contributed by atoms with E-state index in [0.717, 1.165) is 0 Å². The lowest BCUT2D eigenvalue weighted by Gasteiger charge is -2.30. The van der Waals surface area contributed by atoms with Crippen molar-refractivity contribution in [2.45, 2.75) is 39.3 Å². The lowest BCUT2D eigenvalue weighted by molar-refractivity contribution is 1.71. The maximum Gasteiger partial charge on any atom is 0.182 e. The van der Waals surface area contributed by atoms with E-state index in [1.165, 1.54) is 39.6 Å². The van der Waals surface area contributed by atoms with Crippen LogP contribution in [0.25, 0.3) is 29.3 Å². The highest BCUT2D eigenvalue weighted by molar-refractivity contribution is 7.38. The normalized spacial score (nSPS) is 14.3. The van der Waals surface area contributed by atoms with Crippen molar-refractivity contribution in [1.82, 2.24) is 0 Å². The Hall–Kier alpha value is -2.11. The minimum Gasteiger partial charge on any atom is -0.144 e. The van der Waals surface area contributed by atoms with Crippen molar-refractivity contribution in [1.29, 1.82) is 0 Å². The molecule has 206 valence electrons. The summed E-state index contributed by atoms with van der Waals surface area (Å²) < 4.78 is 3.18. The smallest absolute Gasteiger partial charge is 0.144 e. The molecule has 5 heterocycles. The summed E-state index contributed by atoms with van der Waals surface area (Å²) in [5, 5.41) is 6.14. The van der Waals surface area contributed by atoms with Crippen molar-refractivity contribution < 1.29 is 0 Å². The highest BCUT2D eigenvalue weighted by Gasteiger charge is 2.51. The summed E-state index contributed by atoms with van der Waals surface area (Å²) in [4.78, 5) is 8.76. The Morgan fingerprint density at radius 1 is 0.439 bits per heavy atom. The van der Waals surface area contributed by atoms with Crippen LogP contribution in [0.5, 0.6) is 0 Å². The molecule has 0 atom stereocenters. The summed E-state index contributed by atoms with van der Waals surface area (Å²) in [5.41, 5.74) is 0. The fourth-order valence-corrected chi connectivity index (χ4v) is 20.7. The van der Waals surface area contributed by atoms with E-state index in [2.05, 4.69) is 136 Å². The van der Waals surface area contributed by atoms with Crippen LogP contribution in [0.2, 0.25) is 39.3 Å². The zero-order chi connectivity index (χ0) is 28.6. The highest BCUT2D eigenvalue weighted by atomic mass is 32.1. The molecular formula is C34H34S4Si3. The van der Waals surface area contributed by atoms with E-state index in [-0.39, 0.29) is 0 Å². The van der Waals surface area contributed by atoms with Gasteiger partial charge in [-0.25, -0.2) is 0 Å². The standard InChI is InChI=1S/C34H34S4Si3/c1-39(2,3)31-19-17-25(35-31)27-21-29-33(37-27)34-30(22-28(38-34)26-18-20-32(36-26)40(4,5)6)41(29,23-13-9-7-10-14-23)24-15-11-8-12-16-24/h7-22H,1-6H3. The van der Waals surface area contributed by atoms with Gasteiger partial charge in [-0.2, -0.15) is 0 Å². The molecule has 41 heavy (non-hydrogen) atoms. The predicted molar refractivity (Wildman–Crippen MR) is 197 cm³/mol. The maximum atomic E-state index is 2.59. The molecule has 1 aliphatic heterocycles. The van der Waals surface area contributed by atoms with E-state index in [1.807, 2.05) is 45.3 Å². The SMILES string of the molecule is C[Si](C)(C)c1ccc(-c2cc3c(s2)-c2sc(-c4ccc([Si](C)(C)C)s4)cc2[Si]3(c2ccccc2)c2ccccc2)s1. The molecule has 0 N–H and O–H groups in total. The quantitative estimate of drug-likeness (QED) is 0.161.